The van der Waals surface area contributed by atoms with Crippen LogP contribution in [0.4, 0.5) is 0 Å². The minimum Gasteiger partial charge on any atom is -0.292 e. The van der Waals surface area contributed by atoms with Crippen molar-refractivity contribution in [2.75, 3.05) is 0 Å². The summed E-state index contributed by atoms with van der Waals surface area (Å²) in [7, 11) is 0. The lowest BCUT2D eigenvalue weighted by Crippen LogP contribution is -2.42. The van der Waals surface area contributed by atoms with Gasteiger partial charge in [0.15, 0.2) is 0 Å². The van der Waals surface area contributed by atoms with E-state index in [1.54, 1.807) is 0 Å². The van der Waals surface area contributed by atoms with Gasteiger partial charge in [0, 0.05) is 29.7 Å². The lowest BCUT2D eigenvalue weighted by Gasteiger charge is -2.37. The molecule has 0 N–H and O–H groups in total. The van der Waals surface area contributed by atoms with Crippen LogP contribution in [0, 0.1) is 6.92 Å². The zero-order valence-corrected chi connectivity index (χ0v) is 11.9. The number of fused-ring (bicyclic) bond motifs is 2. The molecule has 17 heavy (non-hydrogen) atoms. The molecule has 0 aromatic carbocycles. The second kappa shape index (κ2) is 4.69. The van der Waals surface area contributed by atoms with Gasteiger partial charge in [-0.15, -0.1) is 0 Å². The lowest BCUT2D eigenvalue weighted by atomic mass is 10.0. The normalized spacial score (nSPS) is 32.9. The van der Waals surface area contributed by atoms with E-state index in [0.717, 1.165) is 23.5 Å². The molecule has 2 fully saturated rings. The van der Waals surface area contributed by atoms with Crippen molar-refractivity contribution < 1.29 is 0 Å². The zero-order valence-electron chi connectivity index (χ0n) is 10.3. The Morgan fingerprint density at radius 2 is 2.06 bits per heavy atom. The molecule has 3 rings (SSSR count). The maximum atomic E-state index is 4.53. The first-order chi connectivity index (χ1) is 8.24. The fourth-order valence-electron chi connectivity index (χ4n) is 3.32. The molecular weight excluding hydrogens is 276 g/mol. The monoisotopic (exact) mass is 294 g/mol. The molecule has 3 heterocycles. The Labute approximate surface area is 112 Å². The molecule has 0 amide bonds. The summed E-state index contributed by atoms with van der Waals surface area (Å²) in [5.74, 6) is 0. The van der Waals surface area contributed by atoms with Crippen LogP contribution in [0.2, 0.25) is 0 Å². The van der Waals surface area contributed by atoms with Crippen molar-refractivity contribution in [3.63, 3.8) is 0 Å². The Hall–Kier alpha value is -0.410. The summed E-state index contributed by atoms with van der Waals surface area (Å²) in [4.78, 5) is 7.96. The van der Waals surface area contributed by atoms with Crippen LogP contribution < -0.4 is 0 Å². The molecule has 2 bridgehead atoms. The van der Waals surface area contributed by atoms with Gasteiger partial charge in [-0.2, -0.15) is 0 Å². The predicted molar refractivity (Wildman–Crippen MR) is 73.3 cm³/mol. The Bertz CT molecular complexity index is 393. The van der Waals surface area contributed by atoms with Crippen molar-refractivity contribution in [2.24, 2.45) is 0 Å². The van der Waals surface area contributed by atoms with Gasteiger partial charge in [-0.3, -0.25) is 9.88 Å². The van der Waals surface area contributed by atoms with Gasteiger partial charge in [0.25, 0.3) is 0 Å². The maximum absolute atomic E-state index is 4.53. The number of nitrogens with zero attached hydrogens (tertiary/aromatic N) is 2. The molecule has 2 unspecified atom stereocenters. The number of halogens is 1. The van der Waals surface area contributed by atoms with E-state index in [1.165, 1.54) is 36.9 Å². The summed E-state index contributed by atoms with van der Waals surface area (Å²) in [6, 6.07) is 5.75. The molecule has 1 aromatic rings. The van der Waals surface area contributed by atoms with Gasteiger partial charge in [-0.05, 0) is 44.2 Å². The minimum atomic E-state index is 0.737. The second-order valence-electron chi connectivity index (χ2n) is 5.39. The summed E-state index contributed by atoms with van der Waals surface area (Å²) in [5, 5.41) is 0. The molecule has 1 aromatic heterocycles. The number of alkyl halides is 1. The molecule has 0 radical (unpaired) electrons. The van der Waals surface area contributed by atoms with Crippen LogP contribution in [-0.2, 0) is 6.54 Å². The molecule has 2 aliphatic rings. The summed E-state index contributed by atoms with van der Waals surface area (Å²) in [5.41, 5.74) is 2.59. The van der Waals surface area contributed by atoms with Crippen molar-refractivity contribution in [1.82, 2.24) is 9.88 Å². The second-order valence-corrected chi connectivity index (χ2v) is 6.69. The lowest BCUT2D eigenvalue weighted by molar-refractivity contribution is 0.135. The maximum Gasteiger partial charge on any atom is 0.0573 e. The first-order valence-electron chi connectivity index (χ1n) is 6.54. The van der Waals surface area contributed by atoms with Crippen molar-refractivity contribution in [3.05, 3.63) is 29.6 Å². The standard InChI is InChI=1S/C14H19BrN2/c1-10-3-2-6-16-14(10)9-17-12-4-5-13(17)8-11(15)7-12/h2-3,6,11-13H,4-5,7-9H2,1H3. The van der Waals surface area contributed by atoms with Crippen LogP contribution in [0.15, 0.2) is 18.3 Å². The predicted octanol–water partition coefficient (Wildman–Crippen LogP) is 3.28. The van der Waals surface area contributed by atoms with Gasteiger partial charge in [-0.1, -0.05) is 22.0 Å². The molecule has 0 aliphatic carbocycles. The molecule has 2 aliphatic heterocycles. The molecule has 3 heteroatoms. The van der Waals surface area contributed by atoms with Crippen molar-refractivity contribution in [2.45, 2.75) is 56.1 Å². The van der Waals surface area contributed by atoms with Crippen LogP contribution in [0.5, 0.6) is 0 Å². The highest BCUT2D eigenvalue weighted by Gasteiger charge is 2.39. The number of piperidine rings is 1. The van der Waals surface area contributed by atoms with Gasteiger partial charge in [0.1, 0.15) is 0 Å². The van der Waals surface area contributed by atoms with Gasteiger partial charge >= 0.3 is 0 Å². The van der Waals surface area contributed by atoms with E-state index in [9.17, 15) is 0 Å². The SMILES string of the molecule is Cc1cccnc1CN1C2CCC1CC(Br)C2. The number of hydrogen-bond acceptors (Lipinski definition) is 2. The first-order valence-corrected chi connectivity index (χ1v) is 7.46. The molecule has 2 saturated heterocycles. The average Bonchev–Trinajstić information content (AvgIpc) is 2.56. The van der Waals surface area contributed by atoms with E-state index in [-0.39, 0.29) is 0 Å². The van der Waals surface area contributed by atoms with Crippen LogP contribution in [0.25, 0.3) is 0 Å². The van der Waals surface area contributed by atoms with E-state index in [1.807, 2.05) is 12.3 Å². The van der Waals surface area contributed by atoms with Gasteiger partial charge in [0.2, 0.25) is 0 Å². The zero-order chi connectivity index (χ0) is 11.8. The summed E-state index contributed by atoms with van der Waals surface area (Å²) in [6.45, 7) is 3.21. The third-order valence-electron chi connectivity index (χ3n) is 4.28. The minimum absolute atomic E-state index is 0.737. The number of rotatable bonds is 2. The molecule has 2 nitrogen and oxygen atoms in total. The molecule has 2 atom stereocenters. The number of aromatic nitrogens is 1. The van der Waals surface area contributed by atoms with Gasteiger partial charge in [0.05, 0.1) is 5.69 Å². The third kappa shape index (κ3) is 2.27. The highest BCUT2D eigenvalue weighted by Crippen LogP contribution is 2.39. The van der Waals surface area contributed by atoms with E-state index >= 15 is 0 Å². The largest absolute Gasteiger partial charge is 0.292 e. The van der Waals surface area contributed by atoms with Crippen LogP contribution >= 0.6 is 15.9 Å². The first kappa shape index (κ1) is 11.7. The molecular formula is C14H19BrN2. The van der Waals surface area contributed by atoms with Crippen LogP contribution in [0.1, 0.15) is 36.9 Å². The summed E-state index contributed by atoms with van der Waals surface area (Å²) in [6.07, 6.45) is 7.28. The quantitative estimate of drug-likeness (QED) is 0.778. The van der Waals surface area contributed by atoms with Gasteiger partial charge in [-0.25, -0.2) is 0 Å². The Kier molecular flexibility index (Phi) is 3.22. The van der Waals surface area contributed by atoms with Crippen LogP contribution in [-0.4, -0.2) is 26.8 Å². The number of aryl methyl sites for hydroxylation is 1. The van der Waals surface area contributed by atoms with Crippen molar-refractivity contribution in [1.29, 1.82) is 0 Å². The summed E-state index contributed by atoms with van der Waals surface area (Å²) < 4.78 is 0. The smallest absolute Gasteiger partial charge is 0.0573 e. The Morgan fingerprint density at radius 1 is 1.35 bits per heavy atom. The van der Waals surface area contributed by atoms with Gasteiger partial charge < -0.3 is 0 Å². The fraction of sp³-hybridized carbons (Fsp3) is 0.643. The highest BCUT2D eigenvalue weighted by molar-refractivity contribution is 9.09. The van der Waals surface area contributed by atoms with E-state index in [2.05, 4.69) is 38.8 Å². The topological polar surface area (TPSA) is 16.1 Å². The van der Waals surface area contributed by atoms with E-state index < -0.39 is 0 Å². The molecule has 92 valence electrons. The third-order valence-corrected chi connectivity index (χ3v) is 5.02. The number of hydrogen-bond donors (Lipinski definition) is 0. The van der Waals surface area contributed by atoms with Crippen LogP contribution in [0.3, 0.4) is 0 Å². The van der Waals surface area contributed by atoms with E-state index in [0.29, 0.717) is 0 Å². The van der Waals surface area contributed by atoms with Crippen molar-refractivity contribution >= 4 is 15.9 Å². The molecule has 0 spiro atoms. The van der Waals surface area contributed by atoms with Crippen molar-refractivity contribution in [3.8, 4) is 0 Å². The van der Waals surface area contributed by atoms with E-state index in [4.69, 9.17) is 0 Å². The number of pyridine rings is 1. The highest BCUT2D eigenvalue weighted by atomic mass is 79.9. The average molecular weight is 295 g/mol. The summed E-state index contributed by atoms with van der Waals surface area (Å²) >= 11 is 3.79. The fourth-order valence-corrected chi connectivity index (χ4v) is 4.19. The molecule has 0 saturated carbocycles. The Balaban J connectivity index is 1.76. The Morgan fingerprint density at radius 3 is 2.71 bits per heavy atom.